The fourth-order valence-corrected chi connectivity index (χ4v) is 2.98. The van der Waals surface area contributed by atoms with Crippen molar-refractivity contribution >= 4 is 34.3 Å². The van der Waals surface area contributed by atoms with Gasteiger partial charge in [0.25, 0.3) is 5.91 Å². The third-order valence-electron chi connectivity index (χ3n) is 4.18. The first-order valence-corrected chi connectivity index (χ1v) is 9.21. The summed E-state index contributed by atoms with van der Waals surface area (Å²) in [7, 11) is 0. The van der Waals surface area contributed by atoms with Gasteiger partial charge in [0, 0.05) is 11.1 Å². The first-order chi connectivity index (χ1) is 13.6. The van der Waals surface area contributed by atoms with Crippen LogP contribution in [-0.2, 0) is 0 Å². The number of para-hydroxylation sites is 2. The van der Waals surface area contributed by atoms with E-state index in [1.165, 1.54) is 0 Å². The van der Waals surface area contributed by atoms with Gasteiger partial charge in [-0.1, -0.05) is 23.7 Å². The number of nitrogens with zero attached hydrogens (tertiary/aromatic N) is 1. The van der Waals surface area contributed by atoms with E-state index in [1.54, 1.807) is 42.5 Å². The van der Waals surface area contributed by atoms with Crippen molar-refractivity contribution < 1.29 is 13.9 Å². The number of halogens is 1. The number of amides is 1. The zero-order valence-electron chi connectivity index (χ0n) is 15.1. The summed E-state index contributed by atoms with van der Waals surface area (Å²) in [5.74, 6) is 0.920. The quantitative estimate of drug-likeness (QED) is 0.466. The van der Waals surface area contributed by atoms with Crippen molar-refractivity contribution in [3.63, 3.8) is 0 Å². The molecule has 0 aliphatic heterocycles. The van der Waals surface area contributed by atoms with E-state index >= 15 is 0 Å². The van der Waals surface area contributed by atoms with E-state index in [0.29, 0.717) is 34.4 Å². The molecule has 6 heteroatoms. The Morgan fingerprint density at radius 1 is 1.11 bits per heavy atom. The molecule has 1 heterocycles. The van der Waals surface area contributed by atoms with Gasteiger partial charge in [0.2, 0.25) is 5.89 Å². The standard InChI is InChI=1S/C22H17ClN2O3/c1-2-27-16-10-7-14(8-11-16)21(26)24-19-13-15(9-12-17(19)23)22-25-18-5-3-4-6-20(18)28-22/h3-13H,2H2,1H3,(H,24,26). The predicted molar refractivity (Wildman–Crippen MR) is 110 cm³/mol. The lowest BCUT2D eigenvalue weighted by molar-refractivity contribution is 0.102. The van der Waals surface area contributed by atoms with Crippen molar-refractivity contribution in [3.05, 3.63) is 77.3 Å². The first kappa shape index (κ1) is 18.1. The molecule has 1 aromatic heterocycles. The van der Waals surface area contributed by atoms with Crippen LogP contribution in [0.2, 0.25) is 5.02 Å². The first-order valence-electron chi connectivity index (χ1n) is 8.84. The SMILES string of the molecule is CCOc1ccc(C(=O)Nc2cc(-c3nc4ccccc4o3)ccc2Cl)cc1. The fourth-order valence-electron chi connectivity index (χ4n) is 2.81. The molecule has 0 atom stereocenters. The van der Waals surface area contributed by atoms with Crippen LogP contribution in [0.4, 0.5) is 5.69 Å². The molecule has 3 aromatic carbocycles. The normalized spacial score (nSPS) is 10.8. The summed E-state index contributed by atoms with van der Waals surface area (Å²) in [4.78, 5) is 17.1. The summed E-state index contributed by atoms with van der Waals surface area (Å²) in [5, 5.41) is 3.27. The highest BCUT2D eigenvalue weighted by Crippen LogP contribution is 2.30. The van der Waals surface area contributed by atoms with Crippen LogP contribution in [0, 0.1) is 0 Å². The van der Waals surface area contributed by atoms with E-state index in [9.17, 15) is 4.79 Å². The smallest absolute Gasteiger partial charge is 0.255 e. The maximum absolute atomic E-state index is 12.6. The molecular weight excluding hydrogens is 376 g/mol. The van der Waals surface area contributed by atoms with Crippen molar-refractivity contribution in [1.82, 2.24) is 4.98 Å². The molecule has 0 unspecified atom stereocenters. The Labute approximate surface area is 166 Å². The predicted octanol–water partition coefficient (Wildman–Crippen LogP) is 5.80. The summed E-state index contributed by atoms with van der Waals surface area (Å²) >= 11 is 6.27. The molecule has 1 amide bonds. The lowest BCUT2D eigenvalue weighted by atomic mass is 10.1. The zero-order valence-corrected chi connectivity index (χ0v) is 15.9. The van der Waals surface area contributed by atoms with Gasteiger partial charge in [0.05, 0.1) is 17.3 Å². The Morgan fingerprint density at radius 3 is 2.64 bits per heavy atom. The average molecular weight is 393 g/mol. The highest BCUT2D eigenvalue weighted by Gasteiger charge is 2.13. The number of ether oxygens (including phenoxy) is 1. The molecule has 1 N–H and O–H groups in total. The number of rotatable bonds is 5. The summed E-state index contributed by atoms with van der Waals surface area (Å²) in [6, 6.07) is 19.7. The molecule has 0 radical (unpaired) electrons. The van der Waals surface area contributed by atoms with Gasteiger partial charge < -0.3 is 14.5 Å². The highest BCUT2D eigenvalue weighted by atomic mass is 35.5. The minimum atomic E-state index is -0.264. The third kappa shape index (κ3) is 3.70. The van der Waals surface area contributed by atoms with E-state index in [-0.39, 0.29) is 5.91 Å². The molecule has 28 heavy (non-hydrogen) atoms. The van der Waals surface area contributed by atoms with Crippen LogP contribution in [-0.4, -0.2) is 17.5 Å². The molecule has 0 fully saturated rings. The van der Waals surface area contributed by atoms with Gasteiger partial charge in [-0.3, -0.25) is 4.79 Å². The van der Waals surface area contributed by atoms with Gasteiger partial charge >= 0.3 is 0 Å². The maximum atomic E-state index is 12.6. The Balaban J connectivity index is 1.59. The number of fused-ring (bicyclic) bond motifs is 1. The molecule has 140 valence electrons. The van der Waals surface area contributed by atoms with Crippen LogP contribution >= 0.6 is 11.6 Å². The number of benzene rings is 3. The van der Waals surface area contributed by atoms with Crippen LogP contribution in [0.5, 0.6) is 5.75 Å². The van der Waals surface area contributed by atoms with E-state index in [1.807, 2.05) is 31.2 Å². The summed E-state index contributed by atoms with van der Waals surface area (Å²) in [6.07, 6.45) is 0. The molecule has 0 aliphatic carbocycles. The van der Waals surface area contributed by atoms with E-state index in [4.69, 9.17) is 20.8 Å². The minimum Gasteiger partial charge on any atom is -0.494 e. The lowest BCUT2D eigenvalue weighted by Crippen LogP contribution is -2.12. The monoisotopic (exact) mass is 392 g/mol. The number of anilines is 1. The molecule has 4 rings (SSSR count). The molecule has 0 saturated heterocycles. The van der Waals surface area contributed by atoms with Crippen molar-refractivity contribution in [1.29, 1.82) is 0 Å². The fraction of sp³-hybridized carbons (Fsp3) is 0.0909. The van der Waals surface area contributed by atoms with Crippen LogP contribution < -0.4 is 10.1 Å². The van der Waals surface area contributed by atoms with Crippen molar-refractivity contribution in [2.75, 3.05) is 11.9 Å². The third-order valence-corrected chi connectivity index (χ3v) is 4.51. The van der Waals surface area contributed by atoms with Gasteiger partial charge in [-0.15, -0.1) is 0 Å². The van der Waals surface area contributed by atoms with Crippen molar-refractivity contribution in [2.24, 2.45) is 0 Å². The van der Waals surface area contributed by atoms with Gasteiger partial charge in [0.15, 0.2) is 5.58 Å². The molecule has 0 bridgehead atoms. The Hall–Kier alpha value is -3.31. The molecular formula is C22H17ClN2O3. The molecule has 0 saturated carbocycles. The van der Waals surface area contributed by atoms with Crippen LogP contribution in [0.3, 0.4) is 0 Å². The van der Waals surface area contributed by atoms with Gasteiger partial charge in [-0.25, -0.2) is 4.98 Å². The second-order valence-electron chi connectivity index (χ2n) is 6.09. The number of hydrogen-bond acceptors (Lipinski definition) is 4. The number of hydrogen-bond donors (Lipinski definition) is 1. The molecule has 4 aromatic rings. The van der Waals surface area contributed by atoms with Gasteiger partial charge in [-0.05, 0) is 61.5 Å². The Bertz CT molecular complexity index is 1100. The second kappa shape index (κ2) is 7.74. The van der Waals surface area contributed by atoms with Crippen LogP contribution in [0.1, 0.15) is 17.3 Å². The Morgan fingerprint density at radius 2 is 1.89 bits per heavy atom. The maximum Gasteiger partial charge on any atom is 0.255 e. The largest absolute Gasteiger partial charge is 0.494 e. The average Bonchev–Trinajstić information content (AvgIpc) is 3.14. The number of carbonyl (C=O) groups excluding carboxylic acids is 1. The zero-order chi connectivity index (χ0) is 19.5. The minimum absolute atomic E-state index is 0.264. The number of carbonyl (C=O) groups is 1. The summed E-state index contributed by atoms with van der Waals surface area (Å²) < 4.78 is 11.2. The number of nitrogens with one attached hydrogen (secondary N) is 1. The van der Waals surface area contributed by atoms with E-state index < -0.39 is 0 Å². The van der Waals surface area contributed by atoms with E-state index in [0.717, 1.165) is 16.8 Å². The number of aromatic nitrogens is 1. The second-order valence-corrected chi connectivity index (χ2v) is 6.50. The van der Waals surface area contributed by atoms with Crippen molar-refractivity contribution in [3.8, 4) is 17.2 Å². The molecule has 0 aliphatic rings. The Kier molecular flexibility index (Phi) is 5.00. The van der Waals surface area contributed by atoms with Crippen molar-refractivity contribution in [2.45, 2.75) is 6.92 Å². The summed E-state index contributed by atoms with van der Waals surface area (Å²) in [6.45, 7) is 2.48. The van der Waals surface area contributed by atoms with Crippen LogP contribution in [0.25, 0.3) is 22.6 Å². The number of oxazole rings is 1. The topological polar surface area (TPSA) is 64.4 Å². The van der Waals surface area contributed by atoms with Gasteiger partial charge in [-0.2, -0.15) is 0 Å². The lowest BCUT2D eigenvalue weighted by Gasteiger charge is -2.09. The van der Waals surface area contributed by atoms with E-state index in [2.05, 4.69) is 10.3 Å². The summed E-state index contributed by atoms with van der Waals surface area (Å²) in [5.41, 5.74) is 3.19. The highest BCUT2D eigenvalue weighted by molar-refractivity contribution is 6.34. The van der Waals surface area contributed by atoms with Crippen LogP contribution in [0.15, 0.2) is 71.1 Å². The molecule has 0 spiro atoms. The van der Waals surface area contributed by atoms with Gasteiger partial charge in [0.1, 0.15) is 11.3 Å². The molecule has 5 nitrogen and oxygen atoms in total.